The number of amides is 3. The second kappa shape index (κ2) is 13.3. The molecule has 1 fully saturated rings. The van der Waals surface area contributed by atoms with E-state index in [0.29, 0.717) is 35.6 Å². The molecule has 3 atom stereocenters. The van der Waals surface area contributed by atoms with Gasteiger partial charge in [0.05, 0.1) is 41.0 Å². The molecule has 0 aromatic rings. The molecule has 3 rings (SSSR count). The molecular formula is C23H30Cl2N4O4S. The molecule has 0 bridgehead atoms. The predicted octanol–water partition coefficient (Wildman–Crippen LogP) is 1.86. The predicted molar refractivity (Wildman–Crippen MR) is 135 cm³/mol. The Balaban J connectivity index is 1.37. The number of hydrogen-bond donors (Lipinski definition) is 3. The third kappa shape index (κ3) is 8.78. The van der Waals surface area contributed by atoms with E-state index in [1.165, 1.54) is 11.8 Å². The quantitative estimate of drug-likeness (QED) is 0.398. The Morgan fingerprint density at radius 3 is 2.76 bits per heavy atom. The van der Waals surface area contributed by atoms with Crippen LogP contribution >= 0.6 is 35.0 Å². The van der Waals surface area contributed by atoms with Gasteiger partial charge in [-0.05, 0) is 18.8 Å². The van der Waals surface area contributed by atoms with E-state index in [2.05, 4.69) is 15.5 Å². The smallest absolute Gasteiger partial charge is 0.236 e. The van der Waals surface area contributed by atoms with Crippen molar-refractivity contribution < 1.29 is 19.1 Å². The highest BCUT2D eigenvalue weighted by Gasteiger charge is 2.24. The number of rotatable bonds is 10. The van der Waals surface area contributed by atoms with Gasteiger partial charge in [-0.1, -0.05) is 53.6 Å². The third-order valence-corrected chi connectivity index (χ3v) is 7.43. The number of carbonyl (C=O) groups is 3. The van der Waals surface area contributed by atoms with Crippen molar-refractivity contribution in [2.45, 2.75) is 18.9 Å². The number of carbonyl (C=O) groups excluding carboxylic acids is 3. The van der Waals surface area contributed by atoms with E-state index in [9.17, 15) is 14.4 Å². The lowest BCUT2D eigenvalue weighted by Gasteiger charge is -2.35. The Kier molecular flexibility index (Phi) is 10.5. The Morgan fingerprint density at radius 1 is 1.18 bits per heavy atom. The second-order valence-electron chi connectivity index (χ2n) is 8.41. The average Bonchev–Trinajstić information content (AvgIpc) is 2.82. The SMILES string of the molecule is NC(=O)CNC(=O)C1C=C(SCC(=O)NC[C@H]2CN(CC3C=C(Cl)C(Cl)=CC3)CCO2)C=CC1. The van der Waals surface area contributed by atoms with Gasteiger partial charge in [-0.2, -0.15) is 0 Å². The van der Waals surface area contributed by atoms with Crippen molar-refractivity contribution in [3.63, 3.8) is 0 Å². The normalized spacial score (nSPS) is 25.1. The fourth-order valence-electron chi connectivity index (χ4n) is 3.90. The number of halogens is 2. The van der Waals surface area contributed by atoms with Crippen molar-refractivity contribution >= 4 is 52.7 Å². The number of allylic oxidation sites excluding steroid dienone is 5. The largest absolute Gasteiger partial charge is 0.374 e. The number of primary amides is 1. The Hall–Kier alpha value is -1.78. The summed E-state index contributed by atoms with van der Waals surface area (Å²) in [7, 11) is 0. The highest BCUT2D eigenvalue weighted by molar-refractivity contribution is 8.03. The van der Waals surface area contributed by atoms with E-state index < -0.39 is 5.91 Å². The van der Waals surface area contributed by atoms with Crippen molar-refractivity contribution in [2.24, 2.45) is 17.6 Å². The summed E-state index contributed by atoms with van der Waals surface area (Å²) >= 11 is 13.6. The van der Waals surface area contributed by atoms with Crippen LogP contribution in [-0.2, 0) is 19.1 Å². The molecule has 186 valence electrons. The fraction of sp³-hybridized carbons (Fsp3) is 0.522. The van der Waals surface area contributed by atoms with E-state index in [1.807, 2.05) is 30.4 Å². The molecule has 3 amide bonds. The van der Waals surface area contributed by atoms with Crippen LogP contribution in [0.5, 0.6) is 0 Å². The van der Waals surface area contributed by atoms with E-state index in [1.54, 1.807) is 0 Å². The van der Waals surface area contributed by atoms with Crippen molar-refractivity contribution in [3.05, 3.63) is 45.3 Å². The minimum Gasteiger partial charge on any atom is -0.374 e. The number of hydrogen-bond acceptors (Lipinski definition) is 6. The lowest BCUT2D eigenvalue weighted by molar-refractivity contribution is -0.126. The third-order valence-electron chi connectivity index (χ3n) is 5.63. The van der Waals surface area contributed by atoms with Gasteiger partial charge < -0.3 is 21.1 Å². The standard InChI is InChI=1S/C23H30Cl2N4O4S/c24-19-5-4-15(8-20(19)25)12-29-6-7-33-17(13-29)10-27-22(31)14-34-18-3-1-2-16(9-18)23(32)28-11-21(26)30/h1,3,5,8-9,15-17H,2,4,6-7,10-14H2,(H2,26,30)(H,27,31)(H,28,32)/t15?,16?,17-/m0/s1. The van der Waals surface area contributed by atoms with Gasteiger partial charge >= 0.3 is 0 Å². The lowest BCUT2D eigenvalue weighted by Crippen LogP contribution is -2.48. The summed E-state index contributed by atoms with van der Waals surface area (Å²) in [6.45, 7) is 3.32. The molecule has 0 aromatic carbocycles. The van der Waals surface area contributed by atoms with E-state index in [0.717, 1.165) is 31.0 Å². The van der Waals surface area contributed by atoms with Crippen LogP contribution in [0.1, 0.15) is 12.8 Å². The van der Waals surface area contributed by atoms with Crippen molar-refractivity contribution in [2.75, 3.05) is 45.1 Å². The molecule has 34 heavy (non-hydrogen) atoms. The van der Waals surface area contributed by atoms with E-state index in [4.69, 9.17) is 33.7 Å². The maximum absolute atomic E-state index is 12.4. The van der Waals surface area contributed by atoms with Gasteiger partial charge in [-0.25, -0.2) is 0 Å². The number of ether oxygens (including phenoxy) is 1. The maximum Gasteiger partial charge on any atom is 0.236 e. The monoisotopic (exact) mass is 528 g/mol. The zero-order valence-electron chi connectivity index (χ0n) is 18.8. The van der Waals surface area contributed by atoms with Gasteiger partial charge in [-0.15, -0.1) is 11.8 Å². The zero-order valence-corrected chi connectivity index (χ0v) is 21.1. The van der Waals surface area contributed by atoms with Crippen LogP contribution in [0.25, 0.3) is 0 Å². The van der Waals surface area contributed by atoms with E-state index in [-0.39, 0.29) is 36.1 Å². The molecule has 0 radical (unpaired) electrons. The molecule has 11 heteroatoms. The van der Waals surface area contributed by atoms with Crippen LogP contribution in [0.4, 0.5) is 0 Å². The molecule has 3 aliphatic rings. The van der Waals surface area contributed by atoms with Gasteiger partial charge in [0.1, 0.15) is 0 Å². The maximum atomic E-state index is 12.4. The van der Waals surface area contributed by atoms with E-state index >= 15 is 0 Å². The molecule has 1 aliphatic heterocycles. The van der Waals surface area contributed by atoms with Crippen molar-refractivity contribution in [1.82, 2.24) is 15.5 Å². The molecule has 0 spiro atoms. The highest BCUT2D eigenvalue weighted by atomic mass is 35.5. The van der Waals surface area contributed by atoms with Gasteiger partial charge in [0, 0.05) is 31.1 Å². The molecule has 0 saturated carbocycles. The average molecular weight is 529 g/mol. The molecule has 4 N–H and O–H groups in total. The topological polar surface area (TPSA) is 114 Å². The van der Waals surface area contributed by atoms with Gasteiger partial charge in [0.2, 0.25) is 17.7 Å². The molecule has 0 aromatic heterocycles. The highest BCUT2D eigenvalue weighted by Crippen LogP contribution is 2.29. The number of morpholine rings is 1. The molecule has 2 unspecified atom stereocenters. The Labute approximate surface area is 214 Å². The summed E-state index contributed by atoms with van der Waals surface area (Å²) in [6, 6.07) is 0. The molecule has 8 nitrogen and oxygen atoms in total. The van der Waals surface area contributed by atoms with Crippen LogP contribution in [0, 0.1) is 11.8 Å². The summed E-state index contributed by atoms with van der Waals surface area (Å²) < 4.78 is 5.82. The number of thioether (sulfide) groups is 1. The van der Waals surface area contributed by atoms with Crippen molar-refractivity contribution in [1.29, 1.82) is 0 Å². The Morgan fingerprint density at radius 2 is 2.00 bits per heavy atom. The fourth-order valence-corrected chi connectivity index (χ4v) is 5.16. The summed E-state index contributed by atoms with van der Waals surface area (Å²) in [6.07, 6.45) is 10.9. The van der Waals surface area contributed by atoms with Crippen LogP contribution in [-0.4, -0.2) is 73.8 Å². The lowest BCUT2D eigenvalue weighted by atomic mass is 9.99. The van der Waals surface area contributed by atoms with Gasteiger partial charge in [0.25, 0.3) is 0 Å². The van der Waals surface area contributed by atoms with Crippen LogP contribution in [0.15, 0.2) is 45.3 Å². The zero-order chi connectivity index (χ0) is 24.5. The summed E-state index contributed by atoms with van der Waals surface area (Å²) in [5.41, 5.74) is 5.06. The van der Waals surface area contributed by atoms with Crippen LogP contribution in [0.2, 0.25) is 0 Å². The summed E-state index contributed by atoms with van der Waals surface area (Å²) in [5.74, 6) is -0.759. The number of nitrogens with one attached hydrogen (secondary N) is 2. The first-order valence-electron chi connectivity index (χ1n) is 11.2. The second-order valence-corrected chi connectivity index (χ2v) is 10.3. The summed E-state index contributed by atoms with van der Waals surface area (Å²) in [4.78, 5) is 38.5. The van der Waals surface area contributed by atoms with Gasteiger partial charge in [0.15, 0.2) is 0 Å². The first-order chi connectivity index (χ1) is 16.3. The number of nitrogens with two attached hydrogens (primary N) is 1. The van der Waals surface area contributed by atoms with Crippen LogP contribution in [0.3, 0.4) is 0 Å². The first kappa shape index (κ1) is 26.8. The Bertz CT molecular complexity index is 905. The summed E-state index contributed by atoms with van der Waals surface area (Å²) in [5, 5.41) is 6.67. The minimum atomic E-state index is -0.586. The van der Waals surface area contributed by atoms with Crippen molar-refractivity contribution in [3.8, 4) is 0 Å². The minimum absolute atomic E-state index is 0.0722. The molecule has 1 heterocycles. The molecule has 2 aliphatic carbocycles. The number of nitrogens with zero attached hydrogens (tertiary/aromatic N) is 1. The van der Waals surface area contributed by atoms with Crippen LogP contribution < -0.4 is 16.4 Å². The first-order valence-corrected chi connectivity index (χ1v) is 13.0. The van der Waals surface area contributed by atoms with Gasteiger partial charge in [-0.3, -0.25) is 19.3 Å². The molecule has 1 saturated heterocycles. The molecular weight excluding hydrogens is 499 g/mol.